The number of aromatic nitrogens is 3. The SMILES string of the molecule is NC(=O)NCc1cn(CC2CCN(Cc3ccoc3)CC2)nn1. The number of carbonyl (C=O) groups is 1. The molecule has 3 rings (SSSR count). The van der Waals surface area contributed by atoms with Crippen molar-refractivity contribution < 1.29 is 9.21 Å². The number of nitrogens with zero attached hydrogens (tertiary/aromatic N) is 4. The van der Waals surface area contributed by atoms with E-state index in [4.69, 9.17) is 10.2 Å². The van der Waals surface area contributed by atoms with Crippen LogP contribution in [0.5, 0.6) is 0 Å². The third-order valence-corrected chi connectivity index (χ3v) is 4.17. The van der Waals surface area contributed by atoms with E-state index in [2.05, 4.69) is 20.5 Å². The predicted octanol–water partition coefficient (Wildman–Crippen LogP) is 0.952. The van der Waals surface area contributed by atoms with Crippen molar-refractivity contribution in [2.45, 2.75) is 32.5 Å². The number of rotatable bonds is 6. The molecule has 3 N–H and O–H groups in total. The monoisotopic (exact) mass is 318 g/mol. The normalized spacial score (nSPS) is 16.5. The number of nitrogens with one attached hydrogen (secondary N) is 1. The van der Waals surface area contributed by atoms with Crippen molar-refractivity contribution in [1.82, 2.24) is 25.2 Å². The molecule has 2 aromatic rings. The third-order valence-electron chi connectivity index (χ3n) is 4.17. The van der Waals surface area contributed by atoms with Gasteiger partial charge in [0.15, 0.2) is 0 Å². The molecule has 0 atom stereocenters. The topological polar surface area (TPSA) is 102 Å². The second-order valence-corrected chi connectivity index (χ2v) is 6.00. The standard InChI is InChI=1S/C15H22N6O2/c16-15(22)17-7-14-10-21(19-18-14)9-12-1-4-20(5-2-12)8-13-3-6-23-11-13/h3,6,10-12H,1-2,4-5,7-9H2,(H3,16,17,22). The number of hydrogen-bond donors (Lipinski definition) is 2. The average Bonchev–Trinajstić information content (AvgIpc) is 3.19. The average molecular weight is 318 g/mol. The maximum atomic E-state index is 10.7. The van der Waals surface area contributed by atoms with Crippen molar-refractivity contribution in [2.75, 3.05) is 13.1 Å². The first-order valence-electron chi connectivity index (χ1n) is 7.85. The van der Waals surface area contributed by atoms with Gasteiger partial charge in [0.25, 0.3) is 0 Å². The predicted molar refractivity (Wildman–Crippen MR) is 83.2 cm³/mol. The lowest BCUT2D eigenvalue weighted by Crippen LogP contribution is -2.34. The highest BCUT2D eigenvalue weighted by molar-refractivity contribution is 5.71. The lowest BCUT2D eigenvalue weighted by atomic mass is 9.96. The lowest BCUT2D eigenvalue weighted by molar-refractivity contribution is 0.164. The zero-order valence-corrected chi connectivity index (χ0v) is 13.0. The van der Waals surface area contributed by atoms with Crippen molar-refractivity contribution in [1.29, 1.82) is 0 Å². The largest absolute Gasteiger partial charge is 0.472 e. The molecule has 2 aromatic heterocycles. The first-order valence-corrected chi connectivity index (χ1v) is 7.85. The van der Waals surface area contributed by atoms with Crippen molar-refractivity contribution >= 4 is 6.03 Å². The van der Waals surface area contributed by atoms with Gasteiger partial charge >= 0.3 is 6.03 Å². The number of primary amides is 1. The molecule has 0 saturated carbocycles. The van der Waals surface area contributed by atoms with Gasteiger partial charge in [-0.1, -0.05) is 5.21 Å². The van der Waals surface area contributed by atoms with Crippen LogP contribution in [-0.2, 0) is 19.6 Å². The van der Waals surface area contributed by atoms with Crippen molar-refractivity contribution in [3.8, 4) is 0 Å². The van der Waals surface area contributed by atoms with E-state index in [0.717, 1.165) is 44.7 Å². The van der Waals surface area contributed by atoms with Gasteiger partial charge < -0.3 is 15.5 Å². The van der Waals surface area contributed by atoms with Crippen LogP contribution in [-0.4, -0.2) is 39.0 Å². The molecule has 1 aliphatic heterocycles. The zero-order chi connectivity index (χ0) is 16.1. The number of furan rings is 1. The summed E-state index contributed by atoms with van der Waals surface area (Å²) in [4.78, 5) is 13.1. The van der Waals surface area contributed by atoms with Crippen molar-refractivity contribution in [3.63, 3.8) is 0 Å². The molecular weight excluding hydrogens is 296 g/mol. The first-order chi connectivity index (χ1) is 11.2. The van der Waals surface area contributed by atoms with Crippen LogP contribution in [0.2, 0.25) is 0 Å². The Kier molecular flexibility index (Phi) is 4.92. The fraction of sp³-hybridized carbons (Fsp3) is 0.533. The highest BCUT2D eigenvalue weighted by atomic mass is 16.3. The van der Waals surface area contributed by atoms with Crippen LogP contribution < -0.4 is 11.1 Å². The van der Waals surface area contributed by atoms with Gasteiger partial charge in [-0.05, 0) is 37.9 Å². The minimum Gasteiger partial charge on any atom is -0.472 e. The molecular formula is C15H22N6O2. The summed E-state index contributed by atoms with van der Waals surface area (Å²) in [6.45, 7) is 4.30. The van der Waals surface area contributed by atoms with E-state index in [1.807, 2.05) is 23.2 Å². The lowest BCUT2D eigenvalue weighted by Gasteiger charge is -2.31. The van der Waals surface area contributed by atoms with Crippen LogP contribution in [0.15, 0.2) is 29.2 Å². The summed E-state index contributed by atoms with van der Waals surface area (Å²) >= 11 is 0. The molecule has 0 aliphatic carbocycles. The minimum atomic E-state index is -0.551. The van der Waals surface area contributed by atoms with E-state index >= 15 is 0 Å². The number of urea groups is 1. The van der Waals surface area contributed by atoms with E-state index in [1.54, 1.807) is 6.26 Å². The molecule has 0 unspecified atom stereocenters. The summed E-state index contributed by atoms with van der Waals surface area (Å²) in [6.07, 6.45) is 7.69. The van der Waals surface area contributed by atoms with E-state index in [0.29, 0.717) is 12.5 Å². The number of piperidine rings is 1. The number of amides is 2. The van der Waals surface area contributed by atoms with Gasteiger partial charge in [0.2, 0.25) is 0 Å². The Morgan fingerprint density at radius 2 is 2.26 bits per heavy atom. The molecule has 124 valence electrons. The molecule has 8 heteroatoms. The smallest absolute Gasteiger partial charge is 0.312 e. The van der Waals surface area contributed by atoms with Crippen LogP contribution in [0.3, 0.4) is 0 Å². The Hall–Kier alpha value is -2.35. The van der Waals surface area contributed by atoms with Crippen molar-refractivity contribution in [3.05, 3.63) is 36.0 Å². The van der Waals surface area contributed by atoms with Gasteiger partial charge in [-0.2, -0.15) is 0 Å². The molecule has 0 bridgehead atoms. The quantitative estimate of drug-likeness (QED) is 0.825. The van der Waals surface area contributed by atoms with Crippen LogP contribution in [0.4, 0.5) is 4.79 Å². The summed E-state index contributed by atoms with van der Waals surface area (Å²) in [5, 5.41) is 10.7. The molecule has 2 amide bonds. The molecule has 0 spiro atoms. The van der Waals surface area contributed by atoms with Gasteiger partial charge in [-0.15, -0.1) is 5.10 Å². The summed E-state index contributed by atoms with van der Waals surface area (Å²) in [5.41, 5.74) is 6.99. The third kappa shape index (κ3) is 4.56. The van der Waals surface area contributed by atoms with Crippen molar-refractivity contribution in [2.24, 2.45) is 11.7 Å². The van der Waals surface area contributed by atoms with Crippen LogP contribution in [0.25, 0.3) is 0 Å². The summed E-state index contributed by atoms with van der Waals surface area (Å²) in [5.74, 6) is 0.606. The van der Waals surface area contributed by atoms with E-state index in [-0.39, 0.29) is 0 Å². The minimum absolute atomic E-state index is 0.318. The number of hydrogen-bond acceptors (Lipinski definition) is 5. The Morgan fingerprint density at radius 1 is 1.43 bits per heavy atom. The van der Waals surface area contributed by atoms with Gasteiger partial charge in [0.05, 0.1) is 25.3 Å². The summed E-state index contributed by atoms with van der Waals surface area (Å²) in [7, 11) is 0. The Morgan fingerprint density at radius 3 is 2.96 bits per heavy atom. The second kappa shape index (κ2) is 7.28. The van der Waals surface area contributed by atoms with Crippen LogP contribution >= 0.6 is 0 Å². The fourth-order valence-corrected chi connectivity index (χ4v) is 2.92. The van der Waals surface area contributed by atoms with E-state index in [1.165, 1.54) is 5.56 Å². The molecule has 0 aromatic carbocycles. The Bertz CT molecular complexity index is 616. The highest BCUT2D eigenvalue weighted by Crippen LogP contribution is 2.20. The maximum Gasteiger partial charge on any atom is 0.312 e. The summed E-state index contributed by atoms with van der Waals surface area (Å²) in [6, 6.07) is 1.47. The van der Waals surface area contributed by atoms with E-state index in [9.17, 15) is 4.79 Å². The summed E-state index contributed by atoms with van der Waals surface area (Å²) < 4.78 is 6.97. The molecule has 1 fully saturated rings. The van der Waals surface area contributed by atoms with E-state index < -0.39 is 6.03 Å². The van der Waals surface area contributed by atoms with Gasteiger partial charge in [0.1, 0.15) is 5.69 Å². The molecule has 3 heterocycles. The highest BCUT2D eigenvalue weighted by Gasteiger charge is 2.20. The Balaban J connectivity index is 1.42. The number of likely N-dealkylation sites (tertiary alicyclic amines) is 1. The fourth-order valence-electron chi connectivity index (χ4n) is 2.92. The molecule has 8 nitrogen and oxygen atoms in total. The second-order valence-electron chi connectivity index (χ2n) is 6.00. The number of carbonyl (C=O) groups excluding carboxylic acids is 1. The van der Waals surface area contributed by atoms with Gasteiger partial charge in [0, 0.05) is 18.7 Å². The van der Waals surface area contributed by atoms with Crippen LogP contribution in [0.1, 0.15) is 24.1 Å². The molecule has 23 heavy (non-hydrogen) atoms. The molecule has 1 saturated heterocycles. The molecule has 1 aliphatic rings. The Labute approximate surface area is 134 Å². The van der Waals surface area contributed by atoms with Crippen LogP contribution in [0, 0.1) is 5.92 Å². The number of nitrogens with two attached hydrogens (primary N) is 1. The molecule has 0 radical (unpaired) electrons. The van der Waals surface area contributed by atoms with Gasteiger partial charge in [-0.25, -0.2) is 4.79 Å². The zero-order valence-electron chi connectivity index (χ0n) is 13.0. The van der Waals surface area contributed by atoms with Gasteiger partial charge in [-0.3, -0.25) is 9.58 Å². The maximum absolute atomic E-state index is 10.7. The first kappa shape index (κ1) is 15.5.